The Labute approximate surface area is 121 Å². The van der Waals surface area contributed by atoms with E-state index in [4.69, 9.17) is 9.47 Å². The summed E-state index contributed by atoms with van der Waals surface area (Å²) in [4.78, 5) is 0. The lowest BCUT2D eigenvalue weighted by atomic mass is 9.99. The van der Waals surface area contributed by atoms with Crippen LogP contribution in [-0.2, 0) is 11.3 Å². The molecule has 1 aliphatic heterocycles. The van der Waals surface area contributed by atoms with Gasteiger partial charge in [0, 0.05) is 18.9 Å². The Balaban J connectivity index is 1.54. The molecule has 1 aromatic heterocycles. The van der Waals surface area contributed by atoms with Crippen LogP contribution in [0.15, 0.2) is 24.5 Å². The van der Waals surface area contributed by atoms with Crippen molar-refractivity contribution in [1.82, 2.24) is 0 Å². The average Bonchev–Trinajstić information content (AvgIpc) is 3.10. The smallest absolute Gasteiger partial charge is 0.211 e. The third-order valence-corrected chi connectivity index (χ3v) is 4.52. The number of ether oxygens (including phenoxy) is 2. The maximum absolute atomic E-state index is 6.12. The normalized spacial score (nSPS) is 27.1. The molecule has 1 saturated carbocycles. The molecule has 2 unspecified atom stereocenters. The van der Waals surface area contributed by atoms with Crippen molar-refractivity contribution in [1.29, 1.82) is 0 Å². The van der Waals surface area contributed by atoms with Gasteiger partial charge in [0.05, 0.1) is 6.10 Å². The molecule has 3 rings (SSSR count). The van der Waals surface area contributed by atoms with Gasteiger partial charge in [-0.15, -0.1) is 0 Å². The summed E-state index contributed by atoms with van der Waals surface area (Å²) in [5.41, 5.74) is 0. The SMILES string of the molecule is CCC[n+]1cccc(OC2CCC(C3CCCC3)O2)c1. The van der Waals surface area contributed by atoms with E-state index in [0.717, 1.165) is 37.5 Å². The molecule has 0 aromatic carbocycles. The molecule has 3 heteroatoms. The number of nitrogens with zero attached hydrogens (tertiary/aromatic N) is 1. The number of hydrogen-bond donors (Lipinski definition) is 0. The summed E-state index contributed by atoms with van der Waals surface area (Å²) in [7, 11) is 0. The Morgan fingerprint density at radius 3 is 2.90 bits per heavy atom. The molecule has 0 N–H and O–H groups in total. The van der Waals surface area contributed by atoms with Crippen LogP contribution in [0.2, 0.25) is 0 Å². The van der Waals surface area contributed by atoms with Crippen LogP contribution in [0.5, 0.6) is 5.75 Å². The van der Waals surface area contributed by atoms with E-state index >= 15 is 0 Å². The van der Waals surface area contributed by atoms with E-state index in [0.29, 0.717) is 6.10 Å². The van der Waals surface area contributed by atoms with Crippen molar-refractivity contribution in [3.63, 3.8) is 0 Å². The van der Waals surface area contributed by atoms with Gasteiger partial charge in [-0.25, -0.2) is 4.57 Å². The lowest BCUT2D eigenvalue weighted by Crippen LogP contribution is -2.32. The van der Waals surface area contributed by atoms with E-state index in [1.807, 2.05) is 12.1 Å². The summed E-state index contributed by atoms with van der Waals surface area (Å²) >= 11 is 0. The third kappa shape index (κ3) is 3.32. The number of aromatic nitrogens is 1. The lowest BCUT2D eigenvalue weighted by molar-refractivity contribution is -0.697. The topological polar surface area (TPSA) is 22.3 Å². The van der Waals surface area contributed by atoms with E-state index in [1.165, 1.54) is 25.7 Å². The molecular weight excluding hydrogens is 250 g/mol. The van der Waals surface area contributed by atoms with Crippen molar-refractivity contribution in [2.45, 2.75) is 70.8 Å². The van der Waals surface area contributed by atoms with Gasteiger partial charge in [0.25, 0.3) is 0 Å². The predicted octanol–water partition coefficient (Wildman–Crippen LogP) is 3.46. The minimum atomic E-state index is -0.0434. The van der Waals surface area contributed by atoms with Gasteiger partial charge in [-0.2, -0.15) is 0 Å². The van der Waals surface area contributed by atoms with Crippen LogP contribution >= 0.6 is 0 Å². The first-order chi connectivity index (χ1) is 9.85. The van der Waals surface area contributed by atoms with Gasteiger partial charge in [-0.3, -0.25) is 0 Å². The molecule has 0 bridgehead atoms. The predicted molar refractivity (Wildman–Crippen MR) is 77.4 cm³/mol. The van der Waals surface area contributed by atoms with Crippen LogP contribution < -0.4 is 9.30 Å². The number of hydrogen-bond acceptors (Lipinski definition) is 2. The summed E-state index contributed by atoms with van der Waals surface area (Å²) in [5.74, 6) is 1.71. The van der Waals surface area contributed by atoms with Crippen molar-refractivity contribution in [3.8, 4) is 5.75 Å². The Bertz CT molecular complexity index is 429. The minimum Gasteiger partial charge on any atom is -0.459 e. The van der Waals surface area contributed by atoms with Crippen LogP contribution in [-0.4, -0.2) is 12.4 Å². The molecule has 0 radical (unpaired) electrons. The van der Waals surface area contributed by atoms with Crippen molar-refractivity contribution in [3.05, 3.63) is 24.5 Å². The largest absolute Gasteiger partial charge is 0.459 e. The first-order valence-corrected chi connectivity index (χ1v) is 8.16. The van der Waals surface area contributed by atoms with Crippen LogP contribution in [0.25, 0.3) is 0 Å². The summed E-state index contributed by atoms with van der Waals surface area (Å²) < 4.78 is 14.3. The van der Waals surface area contributed by atoms with Gasteiger partial charge in [0.2, 0.25) is 12.5 Å². The highest BCUT2D eigenvalue weighted by Crippen LogP contribution is 2.36. The van der Waals surface area contributed by atoms with E-state index in [1.54, 1.807) is 0 Å². The quantitative estimate of drug-likeness (QED) is 0.768. The van der Waals surface area contributed by atoms with Gasteiger partial charge in [-0.05, 0) is 31.2 Å². The molecule has 1 aliphatic carbocycles. The first kappa shape index (κ1) is 13.9. The molecule has 0 spiro atoms. The van der Waals surface area contributed by atoms with Gasteiger partial charge >= 0.3 is 0 Å². The minimum absolute atomic E-state index is 0.0434. The summed E-state index contributed by atoms with van der Waals surface area (Å²) in [6.45, 7) is 3.22. The van der Waals surface area contributed by atoms with Crippen LogP contribution in [0.1, 0.15) is 51.9 Å². The van der Waals surface area contributed by atoms with E-state index in [-0.39, 0.29) is 6.29 Å². The Hall–Kier alpha value is -1.09. The first-order valence-electron chi connectivity index (χ1n) is 8.16. The monoisotopic (exact) mass is 276 g/mol. The standard InChI is InChI=1S/C17H26NO2/c1-2-11-18-12-5-8-15(13-18)19-17-10-9-16(20-17)14-6-3-4-7-14/h5,8,12-14,16-17H,2-4,6-7,9-11H2,1H3/q+1. The number of rotatable bonds is 5. The zero-order chi connectivity index (χ0) is 13.8. The second kappa shape index (κ2) is 6.57. The molecule has 2 atom stereocenters. The maximum Gasteiger partial charge on any atom is 0.211 e. The second-order valence-electron chi connectivity index (χ2n) is 6.12. The van der Waals surface area contributed by atoms with E-state index in [9.17, 15) is 0 Å². The summed E-state index contributed by atoms with van der Waals surface area (Å²) in [6, 6.07) is 4.08. The highest BCUT2D eigenvalue weighted by molar-refractivity contribution is 5.13. The average molecular weight is 276 g/mol. The number of pyridine rings is 1. The molecule has 110 valence electrons. The molecule has 3 nitrogen and oxygen atoms in total. The molecule has 2 fully saturated rings. The van der Waals surface area contributed by atoms with Crippen molar-refractivity contribution in [2.75, 3.05) is 0 Å². The fourth-order valence-electron chi connectivity index (χ4n) is 3.51. The van der Waals surface area contributed by atoms with Gasteiger partial charge in [0.15, 0.2) is 11.9 Å². The Morgan fingerprint density at radius 2 is 2.10 bits per heavy atom. The molecular formula is C17H26NO2+. The van der Waals surface area contributed by atoms with Crippen molar-refractivity contribution >= 4 is 0 Å². The highest BCUT2D eigenvalue weighted by atomic mass is 16.7. The molecule has 1 aromatic rings. The Kier molecular flexibility index (Phi) is 4.56. The fourth-order valence-corrected chi connectivity index (χ4v) is 3.51. The van der Waals surface area contributed by atoms with Crippen LogP contribution in [0.4, 0.5) is 0 Å². The molecule has 2 heterocycles. The summed E-state index contributed by atoms with van der Waals surface area (Å²) in [5, 5.41) is 0. The summed E-state index contributed by atoms with van der Waals surface area (Å²) in [6.07, 6.45) is 13.4. The second-order valence-corrected chi connectivity index (χ2v) is 6.12. The molecule has 20 heavy (non-hydrogen) atoms. The fraction of sp³-hybridized carbons (Fsp3) is 0.706. The molecule has 1 saturated heterocycles. The number of aryl methyl sites for hydroxylation is 1. The van der Waals surface area contributed by atoms with E-state index < -0.39 is 0 Å². The third-order valence-electron chi connectivity index (χ3n) is 4.52. The van der Waals surface area contributed by atoms with Crippen LogP contribution in [0.3, 0.4) is 0 Å². The van der Waals surface area contributed by atoms with Crippen LogP contribution in [0, 0.1) is 5.92 Å². The van der Waals surface area contributed by atoms with Gasteiger partial charge < -0.3 is 9.47 Å². The zero-order valence-electron chi connectivity index (χ0n) is 12.5. The van der Waals surface area contributed by atoms with E-state index in [2.05, 4.69) is 23.9 Å². The van der Waals surface area contributed by atoms with Crippen molar-refractivity contribution in [2.24, 2.45) is 5.92 Å². The lowest BCUT2D eigenvalue weighted by Gasteiger charge is -2.19. The zero-order valence-corrected chi connectivity index (χ0v) is 12.5. The highest BCUT2D eigenvalue weighted by Gasteiger charge is 2.34. The maximum atomic E-state index is 6.12. The Morgan fingerprint density at radius 1 is 1.25 bits per heavy atom. The molecule has 0 amide bonds. The van der Waals surface area contributed by atoms with Gasteiger partial charge in [-0.1, -0.05) is 19.8 Å². The van der Waals surface area contributed by atoms with Crippen molar-refractivity contribution < 1.29 is 14.0 Å². The molecule has 2 aliphatic rings. The van der Waals surface area contributed by atoms with Gasteiger partial charge in [0.1, 0.15) is 6.54 Å².